The highest BCUT2D eigenvalue weighted by molar-refractivity contribution is 7.21. The van der Waals surface area contributed by atoms with Crippen LogP contribution in [0.4, 0.5) is 5.69 Å². The second kappa shape index (κ2) is 8.58. The van der Waals surface area contributed by atoms with Crippen LogP contribution in [0.1, 0.15) is 16.6 Å². The molecule has 2 heterocycles. The molecule has 8 nitrogen and oxygen atoms in total. The zero-order chi connectivity index (χ0) is 22.1. The lowest BCUT2D eigenvalue weighted by atomic mass is 10.2. The Labute approximate surface area is 188 Å². The summed E-state index contributed by atoms with van der Waals surface area (Å²) in [5.41, 5.74) is 0.549. The molecule has 0 bridgehead atoms. The van der Waals surface area contributed by atoms with Gasteiger partial charge in [0.1, 0.15) is 6.54 Å². The molecule has 0 N–H and O–H groups in total. The van der Waals surface area contributed by atoms with Gasteiger partial charge in [0, 0.05) is 22.2 Å². The molecule has 158 valence electrons. The Morgan fingerprint density at radius 3 is 2.74 bits per heavy atom. The molecular weight excluding hydrogens is 462 g/mol. The van der Waals surface area contributed by atoms with Gasteiger partial charge in [0.05, 0.1) is 31.6 Å². The van der Waals surface area contributed by atoms with Gasteiger partial charge in [0.15, 0.2) is 4.80 Å². The van der Waals surface area contributed by atoms with Crippen LogP contribution in [0.5, 0.6) is 0 Å². The first kappa shape index (κ1) is 21.2. The minimum atomic E-state index is -0.510. The van der Waals surface area contributed by atoms with Crippen LogP contribution >= 0.6 is 34.3 Å². The SMILES string of the molecule is CCOC(=O)Cn1c(=NC(=O)c2cc3cc([N+](=O)[O-])ccc3s2)sc2cccc(Cl)c21. The average molecular weight is 476 g/mol. The first-order valence-corrected chi connectivity index (χ1v) is 11.1. The van der Waals surface area contributed by atoms with E-state index in [1.54, 1.807) is 35.8 Å². The molecule has 4 rings (SSSR count). The van der Waals surface area contributed by atoms with Crippen LogP contribution in [0.15, 0.2) is 47.5 Å². The van der Waals surface area contributed by atoms with Crippen molar-refractivity contribution in [1.29, 1.82) is 0 Å². The molecule has 1 amide bonds. The van der Waals surface area contributed by atoms with Gasteiger partial charge in [-0.25, -0.2) is 0 Å². The lowest BCUT2D eigenvalue weighted by Gasteiger charge is -2.06. The topological polar surface area (TPSA) is 104 Å². The maximum absolute atomic E-state index is 12.9. The molecular formula is C20H14ClN3O5S2. The first-order chi connectivity index (χ1) is 14.9. The van der Waals surface area contributed by atoms with Crippen molar-refractivity contribution in [2.45, 2.75) is 13.5 Å². The highest BCUT2D eigenvalue weighted by Gasteiger charge is 2.17. The van der Waals surface area contributed by atoms with Gasteiger partial charge in [-0.3, -0.25) is 19.7 Å². The molecule has 0 saturated carbocycles. The van der Waals surface area contributed by atoms with Crippen molar-refractivity contribution in [2.75, 3.05) is 6.61 Å². The number of amides is 1. The number of benzene rings is 2. The molecule has 0 spiro atoms. The minimum absolute atomic E-state index is 0.0485. The van der Waals surface area contributed by atoms with E-state index in [1.165, 1.54) is 34.8 Å². The lowest BCUT2D eigenvalue weighted by molar-refractivity contribution is -0.384. The molecule has 11 heteroatoms. The third kappa shape index (κ3) is 4.22. The average Bonchev–Trinajstić information content (AvgIpc) is 3.30. The van der Waals surface area contributed by atoms with Gasteiger partial charge in [0.25, 0.3) is 11.6 Å². The van der Waals surface area contributed by atoms with Gasteiger partial charge < -0.3 is 9.30 Å². The van der Waals surface area contributed by atoms with Gasteiger partial charge in [-0.15, -0.1) is 11.3 Å². The van der Waals surface area contributed by atoms with Crippen molar-refractivity contribution < 1.29 is 19.2 Å². The number of nitro benzene ring substituents is 1. The van der Waals surface area contributed by atoms with Crippen molar-refractivity contribution in [3.8, 4) is 0 Å². The molecule has 0 saturated heterocycles. The second-order valence-corrected chi connectivity index (χ2v) is 8.87. The molecule has 0 atom stereocenters. The fourth-order valence-electron chi connectivity index (χ4n) is 3.05. The van der Waals surface area contributed by atoms with E-state index in [0.717, 1.165) is 9.40 Å². The molecule has 0 aliphatic heterocycles. The van der Waals surface area contributed by atoms with Crippen LogP contribution < -0.4 is 4.80 Å². The van der Waals surface area contributed by atoms with Gasteiger partial charge in [-0.2, -0.15) is 4.99 Å². The third-order valence-corrected chi connectivity index (χ3v) is 6.82. The summed E-state index contributed by atoms with van der Waals surface area (Å²) in [6.07, 6.45) is 0. The number of nitrogens with zero attached hydrogens (tertiary/aromatic N) is 3. The van der Waals surface area contributed by atoms with E-state index >= 15 is 0 Å². The van der Waals surface area contributed by atoms with E-state index in [9.17, 15) is 19.7 Å². The Balaban J connectivity index is 1.80. The predicted molar refractivity (Wildman–Crippen MR) is 120 cm³/mol. The normalized spacial score (nSPS) is 11.9. The fraction of sp³-hybridized carbons (Fsp3) is 0.150. The Kier molecular flexibility index (Phi) is 5.86. The number of hydrogen-bond acceptors (Lipinski definition) is 7. The quantitative estimate of drug-likeness (QED) is 0.234. The summed E-state index contributed by atoms with van der Waals surface area (Å²) in [4.78, 5) is 40.4. The van der Waals surface area contributed by atoms with Crippen LogP contribution in [0.25, 0.3) is 20.3 Å². The number of para-hydroxylation sites is 1. The number of thiophene rings is 1. The van der Waals surface area contributed by atoms with Crippen molar-refractivity contribution >= 4 is 72.1 Å². The molecule has 2 aromatic carbocycles. The first-order valence-electron chi connectivity index (χ1n) is 9.08. The number of carbonyl (C=O) groups excluding carboxylic acids is 2. The predicted octanol–water partition coefficient (Wildman–Crippen LogP) is 4.78. The van der Waals surface area contributed by atoms with Gasteiger partial charge in [-0.1, -0.05) is 29.0 Å². The number of rotatable bonds is 5. The maximum Gasteiger partial charge on any atom is 0.326 e. The zero-order valence-electron chi connectivity index (χ0n) is 16.0. The van der Waals surface area contributed by atoms with Crippen molar-refractivity contribution in [3.05, 3.63) is 67.3 Å². The molecule has 0 fully saturated rings. The number of nitro groups is 1. The number of thiazole rings is 1. The molecule has 0 aliphatic rings. The highest BCUT2D eigenvalue weighted by Crippen LogP contribution is 2.30. The number of halogens is 1. The summed E-state index contributed by atoms with van der Waals surface area (Å²) in [5, 5.41) is 12.0. The molecule has 31 heavy (non-hydrogen) atoms. The molecule has 0 unspecified atom stereocenters. The maximum atomic E-state index is 12.9. The van der Waals surface area contributed by atoms with Crippen molar-refractivity contribution in [3.63, 3.8) is 0 Å². The van der Waals surface area contributed by atoms with E-state index < -0.39 is 16.8 Å². The lowest BCUT2D eigenvalue weighted by Crippen LogP contribution is -2.23. The smallest absolute Gasteiger partial charge is 0.326 e. The van der Waals surface area contributed by atoms with Gasteiger partial charge >= 0.3 is 5.97 Å². The summed E-state index contributed by atoms with van der Waals surface area (Å²) < 4.78 is 8.12. The number of hydrogen-bond donors (Lipinski definition) is 0. The summed E-state index contributed by atoms with van der Waals surface area (Å²) in [5.74, 6) is -0.977. The largest absolute Gasteiger partial charge is 0.465 e. The molecule has 2 aromatic heterocycles. The number of esters is 1. The minimum Gasteiger partial charge on any atom is -0.465 e. The summed E-state index contributed by atoms with van der Waals surface area (Å²) in [6.45, 7) is 1.80. The van der Waals surface area contributed by atoms with Crippen LogP contribution in [-0.4, -0.2) is 28.0 Å². The van der Waals surface area contributed by atoms with Crippen LogP contribution in [0, 0.1) is 10.1 Å². The Bertz CT molecular complexity index is 1420. The van der Waals surface area contributed by atoms with E-state index in [-0.39, 0.29) is 18.8 Å². The number of aromatic nitrogens is 1. The number of carbonyl (C=O) groups is 2. The van der Waals surface area contributed by atoms with E-state index in [4.69, 9.17) is 16.3 Å². The number of ether oxygens (including phenoxy) is 1. The van der Waals surface area contributed by atoms with E-state index in [1.807, 2.05) is 6.07 Å². The zero-order valence-corrected chi connectivity index (χ0v) is 18.4. The molecule has 0 aliphatic carbocycles. The number of fused-ring (bicyclic) bond motifs is 2. The third-order valence-electron chi connectivity index (χ3n) is 4.36. The Hall–Kier alpha value is -3.08. The highest BCUT2D eigenvalue weighted by atomic mass is 35.5. The standard InChI is InChI=1S/C20H14ClN3O5S2/c1-2-29-17(25)10-23-18-13(21)4-3-5-15(18)31-20(23)22-19(26)16-9-11-8-12(24(27)28)6-7-14(11)30-16/h3-9H,2,10H2,1H3. The van der Waals surface area contributed by atoms with E-state index in [2.05, 4.69) is 4.99 Å². The fourth-order valence-corrected chi connectivity index (χ4v) is 5.36. The monoisotopic (exact) mass is 475 g/mol. The summed E-state index contributed by atoms with van der Waals surface area (Å²) in [7, 11) is 0. The summed E-state index contributed by atoms with van der Waals surface area (Å²) >= 11 is 8.77. The van der Waals surface area contributed by atoms with Crippen LogP contribution in [0.3, 0.4) is 0 Å². The molecule has 0 radical (unpaired) electrons. The van der Waals surface area contributed by atoms with Crippen LogP contribution in [-0.2, 0) is 16.1 Å². The van der Waals surface area contributed by atoms with Gasteiger partial charge in [0.2, 0.25) is 0 Å². The Morgan fingerprint density at radius 1 is 1.19 bits per heavy atom. The number of non-ortho nitro benzene ring substituents is 1. The summed E-state index contributed by atoms with van der Waals surface area (Å²) in [6, 6.07) is 11.3. The van der Waals surface area contributed by atoms with Crippen LogP contribution in [0.2, 0.25) is 5.02 Å². The van der Waals surface area contributed by atoms with E-state index in [0.29, 0.717) is 25.6 Å². The van der Waals surface area contributed by atoms with Gasteiger partial charge in [-0.05, 0) is 31.2 Å². The van der Waals surface area contributed by atoms with Crippen molar-refractivity contribution in [1.82, 2.24) is 4.57 Å². The molecule has 4 aromatic rings. The second-order valence-electron chi connectivity index (χ2n) is 6.37. The Morgan fingerprint density at radius 2 is 2.00 bits per heavy atom. The van der Waals surface area contributed by atoms with Crippen molar-refractivity contribution in [2.24, 2.45) is 4.99 Å².